The molecule has 2 N–H and O–H groups in total. The number of rotatable bonds is 14. The SMILES string of the molecule is CCCCCCCCCCOc1ccc(C(=O)N/N=C/c2n[nH]nc2-c2ccccc2)cc1. The molecule has 3 aromatic rings. The fourth-order valence-corrected chi connectivity index (χ4v) is 3.48. The number of ether oxygens (including phenoxy) is 1. The van der Waals surface area contributed by atoms with Crippen molar-refractivity contribution in [2.24, 2.45) is 5.10 Å². The molecule has 0 spiro atoms. The lowest BCUT2D eigenvalue weighted by atomic mass is 10.1. The lowest BCUT2D eigenvalue weighted by Crippen LogP contribution is -2.17. The number of aromatic nitrogens is 3. The molecule has 174 valence electrons. The highest BCUT2D eigenvalue weighted by Gasteiger charge is 2.09. The number of carbonyl (C=O) groups excluding carboxylic acids is 1. The molecule has 0 bridgehead atoms. The molecular formula is C26H33N5O2. The van der Waals surface area contributed by atoms with Gasteiger partial charge in [0.05, 0.1) is 12.8 Å². The van der Waals surface area contributed by atoms with Crippen LogP contribution < -0.4 is 10.2 Å². The quantitative estimate of drug-likeness (QED) is 0.187. The van der Waals surface area contributed by atoms with Crippen molar-refractivity contribution in [2.75, 3.05) is 6.61 Å². The van der Waals surface area contributed by atoms with Gasteiger partial charge in [-0.25, -0.2) is 5.43 Å². The van der Waals surface area contributed by atoms with Crippen LogP contribution in [0, 0.1) is 0 Å². The maximum atomic E-state index is 12.4. The van der Waals surface area contributed by atoms with E-state index in [-0.39, 0.29) is 5.91 Å². The average Bonchev–Trinajstić information content (AvgIpc) is 3.32. The maximum absolute atomic E-state index is 12.4. The molecule has 0 saturated heterocycles. The summed E-state index contributed by atoms with van der Waals surface area (Å²) in [6.07, 6.45) is 11.7. The van der Waals surface area contributed by atoms with Crippen LogP contribution in [0.4, 0.5) is 0 Å². The Balaban J connectivity index is 1.38. The number of nitrogens with zero attached hydrogens (tertiary/aromatic N) is 3. The number of hydrazone groups is 1. The Bertz CT molecular complexity index is 983. The summed E-state index contributed by atoms with van der Waals surface area (Å²) < 4.78 is 5.79. The predicted octanol–water partition coefficient (Wildman–Crippen LogP) is 5.76. The summed E-state index contributed by atoms with van der Waals surface area (Å²) in [7, 11) is 0. The number of unbranched alkanes of at least 4 members (excludes halogenated alkanes) is 7. The summed E-state index contributed by atoms with van der Waals surface area (Å²) >= 11 is 0. The third kappa shape index (κ3) is 8.18. The minimum Gasteiger partial charge on any atom is -0.494 e. The van der Waals surface area contributed by atoms with E-state index in [0.717, 1.165) is 17.7 Å². The molecule has 1 aromatic heterocycles. The van der Waals surface area contributed by atoms with Crippen molar-refractivity contribution < 1.29 is 9.53 Å². The zero-order valence-electron chi connectivity index (χ0n) is 19.3. The molecule has 7 nitrogen and oxygen atoms in total. The lowest BCUT2D eigenvalue weighted by Gasteiger charge is -2.07. The Hall–Kier alpha value is -3.48. The van der Waals surface area contributed by atoms with E-state index in [1.165, 1.54) is 51.2 Å². The van der Waals surface area contributed by atoms with Crippen LogP contribution in [0.15, 0.2) is 59.7 Å². The molecule has 0 fully saturated rings. The van der Waals surface area contributed by atoms with Gasteiger partial charge in [0.15, 0.2) is 0 Å². The summed E-state index contributed by atoms with van der Waals surface area (Å²) in [6.45, 7) is 2.94. The maximum Gasteiger partial charge on any atom is 0.271 e. The van der Waals surface area contributed by atoms with Crippen LogP contribution in [0.5, 0.6) is 5.75 Å². The van der Waals surface area contributed by atoms with Crippen molar-refractivity contribution in [1.82, 2.24) is 20.8 Å². The van der Waals surface area contributed by atoms with Gasteiger partial charge in [0, 0.05) is 11.1 Å². The van der Waals surface area contributed by atoms with Gasteiger partial charge in [-0.1, -0.05) is 82.2 Å². The molecular weight excluding hydrogens is 414 g/mol. The first-order valence-corrected chi connectivity index (χ1v) is 11.8. The second kappa shape index (κ2) is 13.8. The van der Waals surface area contributed by atoms with Crippen LogP contribution in [0.2, 0.25) is 0 Å². The molecule has 3 rings (SSSR count). The van der Waals surface area contributed by atoms with Crippen molar-refractivity contribution in [3.8, 4) is 17.0 Å². The number of carbonyl (C=O) groups is 1. The first kappa shape index (κ1) is 24.2. The fraction of sp³-hybridized carbons (Fsp3) is 0.385. The van der Waals surface area contributed by atoms with Crippen molar-refractivity contribution in [1.29, 1.82) is 0 Å². The van der Waals surface area contributed by atoms with Crippen LogP contribution in [0.3, 0.4) is 0 Å². The zero-order chi connectivity index (χ0) is 23.1. The van der Waals surface area contributed by atoms with Crippen LogP contribution in [-0.4, -0.2) is 34.1 Å². The number of nitrogens with one attached hydrogen (secondary N) is 2. The number of aromatic amines is 1. The summed E-state index contributed by atoms with van der Waals surface area (Å²) in [5, 5.41) is 14.9. The molecule has 0 aliphatic heterocycles. The molecule has 0 saturated carbocycles. The Morgan fingerprint density at radius 3 is 2.36 bits per heavy atom. The third-order valence-electron chi connectivity index (χ3n) is 5.36. The highest BCUT2D eigenvalue weighted by Crippen LogP contribution is 2.17. The monoisotopic (exact) mass is 447 g/mol. The number of hydrogen-bond donors (Lipinski definition) is 2. The Morgan fingerprint density at radius 1 is 0.939 bits per heavy atom. The van der Waals surface area contributed by atoms with Gasteiger partial charge in [0.1, 0.15) is 17.1 Å². The molecule has 2 aromatic carbocycles. The topological polar surface area (TPSA) is 92.3 Å². The first-order chi connectivity index (χ1) is 16.3. The highest BCUT2D eigenvalue weighted by atomic mass is 16.5. The first-order valence-electron chi connectivity index (χ1n) is 11.8. The molecule has 1 heterocycles. The third-order valence-corrected chi connectivity index (χ3v) is 5.36. The Labute approximate surface area is 195 Å². The van der Waals surface area contributed by atoms with Crippen LogP contribution in [0.25, 0.3) is 11.3 Å². The molecule has 0 atom stereocenters. The van der Waals surface area contributed by atoms with E-state index in [1.807, 2.05) is 42.5 Å². The standard InChI is InChI=1S/C26H33N5O2/c1-2-3-4-5-6-7-8-12-19-33-23-17-15-22(16-18-23)26(32)30-27-20-24-25(29-31-28-24)21-13-10-9-11-14-21/h9-11,13-18,20H,2-8,12,19H2,1H3,(H,30,32)(H,28,29,31)/b27-20+. The largest absolute Gasteiger partial charge is 0.494 e. The van der Waals surface area contributed by atoms with Crippen molar-refractivity contribution in [3.05, 3.63) is 65.9 Å². The van der Waals surface area contributed by atoms with E-state index in [1.54, 1.807) is 12.1 Å². The lowest BCUT2D eigenvalue weighted by molar-refractivity contribution is 0.0955. The zero-order valence-corrected chi connectivity index (χ0v) is 19.3. The summed E-state index contributed by atoms with van der Waals surface area (Å²) in [5.41, 5.74) is 5.18. The minimum absolute atomic E-state index is 0.300. The molecule has 0 radical (unpaired) electrons. The van der Waals surface area contributed by atoms with E-state index in [0.29, 0.717) is 23.6 Å². The van der Waals surface area contributed by atoms with Crippen LogP contribution in [0.1, 0.15) is 74.3 Å². The van der Waals surface area contributed by atoms with Gasteiger partial charge < -0.3 is 4.74 Å². The van der Waals surface area contributed by atoms with Crippen molar-refractivity contribution in [2.45, 2.75) is 58.3 Å². The van der Waals surface area contributed by atoms with E-state index in [2.05, 4.69) is 32.9 Å². The van der Waals surface area contributed by atoms with E-state index in [4.69, 9.17) is 4.74 Å². The van der Waals surface area contributed by atoms with Gasteiger partial charge in [-0.15, -0.1) is 0 Å². The number of hydrogen-bond acceptors (Lipinski definition) is 5. The van der Waals surface area contributed by atoms with Gasteiger partial charge >= 0.3 is 0 Å². The van der Waals surface area contributed by atoms with E-state index < -0.39 is 0 Å². The molecule has 0 unspecified atom stereocenters. The van der Waals surface area contributed by atoms with Crippen molar-refractivity contribution >= 4 is 12.1 Å². The number of H-pyrrole nitrogens is 1. The summed E-state index contributed by atoms with van der Waals surface area (Å²) in [5.74, 6) is 0.471. The molecule has 7 heteroatoms. The molecule has 1 amide bonds. The summed E-state index contributed by atoms with van der Waals surface area (Å²) in [6, 6.07) is 16.8. The average molecular weight is 448 g/mol. The molecule has 33 heavy (non-hydrogen) atoms. The molecule has 0 aliphatic carbocycles. The fourth-order valence-electron chi connectivity index (χ4n) is 3.48. The van der Waals surface area contributed by atoms with Crippen LogP contribution in [-0.2, 0) is 0 Å². The van der Waals surface area contributed by atoms with Gasteiger partial charge in [-0.05, 0) is 30.7 Å². The van der Waals surface area contributed by atoms with Crippen LogP contribution >= 0.6 is 0 Å². The summed E-state index contributed by atoms with van der Waals surface area (Å²) in [4.78, 5) is 12.4. The van der Waals surface area contributed by atoms with E-state index in [9.17, 15) is 4.79 Å². The number of amides is 1. The second-order valence-corrected chi connectivity index (χ2v) is 7.97. The smallest absolute Gasteiger partial charge is 0.271 e. The minimum atomic E-state index is -0.300. The molecule has 0 aliphatic rings. The Kier molecular flexibility index (Phi) is 10.1. The van der Waals surface area contributed by atoms with Gasteiger partial charge in [-0.3, -0.25) is 4.79 Å². The highest BCUT2D eigenvalue weighted by molar-refractivity contribution is 5.95. The van der Waals surface area contributed by atoms with Crippen molar-refractivity contribution in [3.63, 3.8) is 0 Å². The number of benzene rings is 2. The normalized spacial score (nSPS) is 11.1. The Morgan fingerprint density at radius 2 is 1.64 bits per heavy atom. The van der Waals surface area contributed by atoms with E-state index >= 15 is 0 Å². The van der Waals surface area contributed by atoms with Gasteiger partial charge in [-0.2, -0.15) is 20.5 Å². The second-order valence-electron chi connectivity index (χ2n) is 7.97. The van der Waals surface area contributed by atoms with Gasteiger partial charge in [0.25, 0.3) is 5.91 Å². The van der Waals surface area contributed by atoms with Gasteiger partial charge in [0.2, 0.25) is 0 Å². The predicted molar refractivity (Wildman–Crippen MR) is 131 cm³/mol.